The number of rotatable bonds is 3. The third-order valence-corrected chi connectivity index (χ3v) is 4.22. The Morgan fingerprint density at radius 2 is 2.22 bits per heavy atom. The molecule has 18 heavy (non-hydrogen) atoms. The Morgan fingerprint density at radius 1 is 1.44 bits per heavy atom. The molecule has 0 fully saturated rings. The van der Waals surface area contributed by atoms with Crippen LogP contribution in [0.5, 0.6) is 0 Å². The number of hydrogen-bond donors (Lipinski definition) is 0. The molecule has 2 aromatic heterocycles. The van der Waals surface area contributed by atoms with Crippen LogP contribution >= 0.6 is 27.3 Å². The van der Waals surface area contributed by atoms with E-state index in [9.17, 15) is 0 Å². The van der Waals surface area contributed by atoms with Gasteiger partial charge in [-0.05, 0) is 47.5 Å². The summed E-state index contributed by atoms with van der Waals surface area (Å²) in [4.78, 5) is 9.97. The van der Waals surface area contributed by atoms with Crippen LogP contribution in [-0.2, 0) is 0 Å². The largest absolute Gasteiger partial charge is 0.237 e. The molecule has 0 saturated heterocycles. The van der Waals surface area contributed by atoms with Crippen LogP contribution in [0.2, 0.25) is 0 Å². The minimum atomic E-state index is -0.230. The minimum Gasteiger partial charge on any atom is -0.237 e. The van der Waals surface area contributed by atoms with Crippen molar-refractivity contribution in [3.63, 3.8) is 0 Å². The average molecular weight is 322 g/mol. The van der Waals surface area contributed by atoms with Gasteiger partial charge in [-0.25, -0.2) is 9.97 Å². The molecule has 1 atom stereocenters. The molecular weight excluding hydrogens is 310 g/mol. The van der Waals surface area contributed by atoms with Crippen LogP contribution in [0.15, 0.2) is 22.0 Å². The Balaban J connectivity index is 2.47. The molecule has 0 N–H and O–H groups in total. The summed E-state index contributed by atoms with van der Waals surface area (Å²) < 4.78 is 1.07. The van der Waals surface area contributed by atoms with Crippen LogP contribution in [0.3, 0.4) is 0 Å². The second-order valence-electron chi connectivity index (χ2n) is 3.95. The standard InChI is InChI=1S/C13H12BrN3S/c1-3-9(7-15)13-16-8(2)6-10(17-13)11-4-5-12(14)18-11/h4-6,9H,3H2,1-2H3. The van der Waals surface area contributed by atoms with Gasteiger partial charge >= 0.3 is 0 Å². The fourth-order valence-electron chi connectivity index (χ4n) is 1.66. The lowest BCUT2D eigenvalue weighted by molar-refractivity contribution is 0.746. The zero-order chi connectivity index (χ0) is 13.1. The number of aromatic nitrogens is 2. The molecule has 3 nitrogen and oxygen atoms in total. The molecule has 0 aliphatic carbocycles. The molecular formula is C13H12BrN3S. The summed E-state index contributed by atoms with van der Waals surface area (Å²) in [5, 5.41) is 9.10. The van der Waals surface area contributed by atoms with Crippen molar-refractivity contribution in [2.24, 2.45) is 0 Å². The zero-order valence-electron chi connectivity index (χ0n) is 10.1. The van der Waals surface area contributed by atoms with E-state index in [2.05, 4.69) is 32.0 Å². The smallest absolute Gasteiger partial charge is 0.146 e. The molecule has 2 heterocycles. The van der Waals surface area contributed by atoms with Gasteiger partial charge in [-0.15, -0.1) is 11.3 Å². The monoisotopic (exact) mass is 321 g/mol. The van der Waals surface area contributed by atoms with Crippen molar-refractivity contribution in [1.82, 2.24) is 9.97 Å². The van der Waals surface area contributed by atoms with Crippen molar-refractivity contribution >= 4 is 27.3 Å². The second-order valence-corrected chi connectivity index (χ2v) is 6.41. The van der Waals surface area contributed by atoms with Crippen molar-refractivity contribution < 1.29 is 0 Å². The highest BCUT2D eigenvalue weighted by Gasteiger charge is 2.14. The van der Waals surface area contributed by atoms with E-state index < -0.39 is 0 Å². The van der Waals surface area contributed by atoms with Gasteiger partial charge < -0.3 is 0 Å². The summed E-state index contributed by atoms with van der Waals surface area (Å²) in [6.45, 7) is 3.91. The molecule has 0 bridgehead atoms. The highest BCUT2D eigenvalue weighted by molar-refractivity contribution is 9.11. The van der Waals surface area contributed by atoms with E-state index in [1.807, 2.05) is 32.0 Å². The fourth-order valence-corrected chi connectivity index (χ4v) is 3.00. The Labute approximate surface area is 119 Å². The maximum atomic E-state index is 9.10. The van der Waals surface area contributed by atoms with Gasteiger partial charge in [0.05, 0.1) is 20.4 Å². The maximum Gasteiger partial charge on any atom is 0.146 e. The van der Waals surface area contributed by atoms with Gasteiger partial charge in [0.1, 0.15) is 11.7 Å². The molecule has 0 aliphatic heterocycles. The number of thiophene rings is 1. The highest BCUT2D eigenvalue weighted by Crippen LogP contribution is 2.31. The van der Waals surface area contributed by atoms with Crippen LogP contribution in [-0.4, -0.2) is 9.97 Å². The van der Waals surface area contributed by atoms with Gasteiger partial charge in [-0.3, -0.25) is 0 Å². The van der Waals surface area contributed by atoms with Crippen molar-refractivity contribution in [3.05, 3.63) is 33.5 Å². The summed E-state index contributed by atoms with van der Waals surface area (Å²) in [5.41, 5.74) is 1.79. The predicted molar refractivity (Wildman–Crippen MR) is 76.4 cm³/mol. The summed E-state index contributed by atoms with van der Waals surface area (Å²) in [7, 11) is 0. The summed E-state index contributed by atoms with van der Waals surface area (Å²) in [5.74, 6) is 0.395. The lowest BCUT2D eigenvalue weighted by Gasteiger charge is -2.07. The molecule has 0 saturated carbocycles. The van der Waals surface area contributed by atoms with Crippen molar-refractivity contribution in [2.45, 2.75) is 26.2 Å². The first-order chi connectivity index (χ1) is 8.63. The van der Waals surface area contributed by atoms with E-state index in [1.165, 1.54) is 0 Å². The summed E-state index contributed by atoms with van der Waals surface area (Å²) >= 11 is 5.07. The maximum absolute atomic E-state index is 9.10. The lowest BCUT2D eigenvalue weighted by Crippen LogP contribution is -2.03. The minimum absolute atomic E-state index is 0.230. The first-order valence-electron chi connectivity index (χ1n) is 5.65. The first-order valence-corrected chi connectivity index (χ1v) is 7.26. The topological polar surface area (TPSA) is 49.6 Å². The molecule has 1 unspecified atom stereocenters. The van der Waals surface area contributed by atoms with Crippen LogP contribution in [0.1, 0.15) is 30.8 Å². The van der Waals surface area contributed by atoms with Crippen molar-refractivity contribution in [3.8, 4) is 16.6 Å². The van der Waals surface area contributed by atoms with E-state index >= 15 is 0 Å². The van der Waals surface area contributed by atoms with Gasteiger partial charge in [-0.1, -0.05) is 6.92 Å². The van der Waals surface area contributed by atoms with E-state index in [4.69, 9.17) is 5.26 Å². The third-order valence-electron chi connectivity index (χ3n) is 2.57. The Kier molecular flexibility index (Phi) is 4.10. The number of hydrogen-bond acceptors (Lipinski definition) is 4. The van der Waals surface area contributed by atoms with E-state index in [1.54, 1.807) is 11.3 Å². The SMILES string of the molecule is CCC(C#N)c1nc(C)cc(-c2ccc(Br)s2)n1. The quantitative estimate of drug-likeness (QED) is 0.847. The average Bonchev–Trinajstić information content (AvgIpc) is 2.77. The van der Waals surface area contributed by atoms with Crippen molar-refractivity contribution in [1.29, 1.82) is 5.26 Å². The molecule has 2 rings (SSSR count). The first kappa shape index (κ1) is 13.2. The lowest BCUT2D eigenvalue weighted by atomic mass is 10.1. The summed E-state index contributed by atoms with van der Waals surface area (Å²) in [6.07, 6.45) is 0.730. The Hall–Kier alpha value is -1.25. The second kappa shape index (κ2) is 5.59. The van der Waals surface area contributed by atoms with Gasteiger partial charge in [0, 0.05) is 5.69 Å². The van der Waals surface area contributed by atoms with Crippen LogP contribution in [0, 0.1) is 18.3 Å². The molecule has 0 spiro atoms. The number of nitriles is 1. The van der Waals surface area contributed by atoms with Gasteiger partial charge in [0.15, 0.2) is 0 Å². The number of nitrogens with zero attached hydrogens (tertiary/aromatic N) is 3. The normalized spacial score (nSPS) is 12.1. The molecule has 92 valence electrons. The molecule has 0 aliphatic rings. The van der Waals surface area contributed by atoms with Gasteiger partial charge in [0.2, 0.25) is 0 Å². The fraction of sp³-hybridized carbons (Fsp3) is 0.308. The zero-order valence-corrected chi connectivity index (χ0v) is 12.5. The van der Waals surface area contributed by atoms with E-state index in [0.717, 1.165) is 26.5 Å². The number of aryl methyl sites for hydroxylation is 1. The van der Waals surface area contributed by atoms with E-state index in [0.29, 0.717) is 5.82 Å². The Morgan fingerprint density at radius 3 is 2.78 bits per heavy atom. The molecule has 0 amide bonds. The van der Waals surface area contributed by atoms with Crippen molar-refractivity contribution in [2.75, 3.05) is 0 Å². The molecule has 0 aromatic carbocycles. The molecule has 0 radical (unpaired) electrons. The Bertz CT molecular complexity index is 601. The predicted octanol–water partition coefficient (Wildman–Crippen LogP) is 4.29. The van der Waals surface area contributed by atoms with Crippen LogP contribution in [0.4, 0.5) is 0 Å². The summed E-state index contributed by atoms with van der Waals surface area (Å²) in [6, 6.07) is 8.22. The van der Waals surface area contributed by atoms with Crippen LogP contribution < -0.4 is 0 Å². The van der Waals surface area contributed by atoms with E-state index in [-0.39, 0.29) is 5.92 Å². The highest BCUT2D eigenvalue weighted by atomic mass is 79.9. The van der Waals surface area contributed by atoms with Gasteiger partial charge in [-0.2, -0.15) is 5.26 Å². The van der Waals surface area contributed by atoms with Crippen LogP contribution in [0.25, 0.3) is 10.6 Å². The number of halogens is 1. The molecule has 2 aromatic rings. The molecule has 5 heteroatoms. The van der Waals surface area contributed by atoms with Gasteiger partial charge in [0.25, 0.3) is 0 Å². The third kappa shape index (κ3) is 2.77.